The molecular weight excluding hydrogens is 260 g/mol. The van der Waals surface area contributed by atoms with Crippen molar-refractivity contribution in [2.45, 2.75) is 11.3 Å². The summed E-state index contributed by atoms with van der Waals surface area (Å²) >= 11 is 0. The molecule has 18 heavy (non-hydrogen) atoms. The number of fused-ring (bicyclic) bond motifs is 1. The van der Waals surface area contributed by atoms with Crippen LogP contribution in [0.2, 0.25) is 0 Å². The summed E-state index contributed by atoms with van der Waals surface area (Å²) in [7, 11) is -3.81. The molecule has 1 heterocycles. The zero-order valence-corrected chi connectivity index (χ0v) is 10.2. The molecule has 0 saturated heterocycles. The fraction of sp³-hybridized carbons (Fsp3) is 0.300. The molecule has 98 valence electrons. The molecule has 0 aliphatic carbocycles. The van der Waals surface area contributed by atoms with Crippen LogP contribution in [0.5, 0.6) is 5.75 Å². The van der Waals surface area contributed by atoms with Crippen LogP contribution >= 0.6 is 0 Å². The number of hydrogen-bond donors (Lipinski definition) is 2. The van der Waals surface area contributed by atoms with Gasteiger partial charge in [-0.2, -0.15) is 0 Å². The van der Waals surface area contributed by atoms with E-state index in [1.807, 2.05) is 4.89 Å². The van der Waals surface area contributed by atoms with Gasteiger partial charge in [-0.3, -0.25) is 9.63 Å². The normalized spacial score (nSPS) is 14.0. The Hall–Kier alpha value is -1.64. The minimum absolute atomic E-state index is 0.0521. The molecule has 0 spiro atoms. The van der Waals surface area contributed by atoms with Crippen LogP contribution in [-0.4, -0.2) is 27.5 Å². The second-order valence-electron chi connectivity index (χ2n) is 3.71. The second kappa shape index (κ2) is 4.92. The van der Waals surface area contributed by atoms with Crippen molar-refractivity contribution in [1.82, 2.24) is 4.89 Å². The van der Waals surface area contributed by atoms with Crippen molar-refractivity contribution >= 4 is 15.9 Å². The van der Waals surface area contributed by atoms with Gasteiger partial charge in [-0.05, 0) is 23.8 Å². The van der Waals surface area contributed by atoms with Crippen LogP contribution in [0.25, 0.3) is 0 Å². The van der Waals surface area contributed by atoms with Crippen molar-refractivity contribution in [3.8, 4) is 5.75 Å². The summed E-state index contributed by atoms with van der Waals surface area (Å²) in [6.07, 6.45) is 0.667. The molecule has 3 N–H and O–H groups in total. The Morgan fingerprint density at radius 2 is 2.28 bits per heavy atom. The van der Waals surface area contributed by atoms with E-state index in [4.69, 9.17) is 10.5 Å². The van der Waals surface area contributed by atoms with Crippen LogP contribution in [0.15, 0.2) is 23.1 Å². The maximum atomic E-state index is 11.8. The molecule has 1 aromatic rings. The SMILES string of the molecule is NC(=O)CONS(=O)(=O)c1ccc2c(c1)CCO2. The average Bonchev–Trinajstić information content (AvgIpc) is 2.74. The highest BCUT2D eigenvalue weighted by Gasteiger charge is 2.19. The molecular formula is C10H12N2O5S. The van der Waals surface area contributed by atoms with Crippen LogP contribution in [0.3, 0.4) is 0 Å². The number of sulfonamides is 1. The average molecular weight is 272 g/mol. The molecule has 1 aromatic carbocycles. The topological polar surface area (TPSA) is 108 Å². The highest BCUT2D eigenvalue weighted by atomic mass is 32.2. The molecule has 0 atom stereocenters. The Balaban J connectivity index is 2.12. The number of amides is 1. The smallest absolute Gasteiger partial charge is 0.262 e. The Labute approximate surface area is 104 Å². The van der Waals surface area contributed by atoms with Crippen molar-refractivity contribution in [1.29, 1.82) is 0 Å². The second-order valence-corrected chi connectivity index (χ2v) is 5.35. The van der Waals surface area contributed by atoms with Crippen molar-refractivity contribution in [2.75, 3.05) is 13.2 Å². The number of nitrogens with two attached hydrogens (primary N) is 1. The number of carbonyl (C=O) groups is 1. The van der Waals surface area contributed by atoms with Gasteiger partial charge in [0.05, 0.1) is 11.5 Å². The molecule has 0 aromatic heterocycles. The first kappa shape index (κ1) is 12.8. The van der Waals surface area contributed by atoms with E-state index < -0.39 is 22.5 Å². The zero-order chi connectivity index (χ0) is 13.2. The fourth-order valence-electron chi connectivity index (χ4n) is 1.56. The van der Waals surface area contributed by atoms with Gasteiger partial charge in [0.15, 0.2) is 0 Å². The van der Waals surface area contributed by atoms with Crippen molar-refractivity contribution < 1.29 is 22.8 Å². The van der Waals surface area contributed by atoms with Gasteiger partial charge < -0.3 is 10.5 Å². The van der Waals surface area contributed by atoms with Gasteiger partial charge in [0.2, 0.25) is 5.91 Å². The molecule has 2 rings (SSSR count). The number of ether oxygens (including phenoxy) is 1. The maximum absolute atomic E-state index is 11.8. The summed E-state index contributed by atoms with van der Waals surface area (Å²) in [5.41, 5.74) is 5.65. The summed E-state index contributed by atoms with van der Waals surface area (Å²) in [5.74, 6) is -0.0768. The number of rotatable bonds is 5. The van der Waals surface area contributed by atoms with E-state index in [1.165, 1.54) is 12.1 Å². The van der Waals surface area contributed by atoms with E-state index in [-0.39, 0.29) is 4.90 Å². The first-order chi connectivity index (χ1) is 8.49. The molecule has 0 unspecified atom stereocenters. The monoisotopic (exact) mass is 272 g/mol. The predicted octanol–water partition coefficient (Wildman–Crippen LogP) is -0.683. The Morgan fingerprint density at radius 1 is 1.50 bits per heavy atom. The number of primary amides is 1. The number of carbonyl (C=O) groups excluding carboxylic acids is 1. The molecule has 0 fully saturated rings. The number of nitrogens with one attached hydrogen (secondary N) is 1. The molecule has 0 saturated carbocycles. The summed E-state index contributed by atoms with van der Waals surface area (Å²) < 4.78 is 28.8. The van der Waals surface area contributed by atoms with E-state index in [2.05, 4.69) is 4.84 Å². The van der Waals surface area contributed by atoms with Gasteiger partial charge in [0, 0.05) is 6.42 Å². The third-order valence-corrected chi connectivity index (χ3v) is 3.57. The highest BCUT2D eigenvalue weighted by Crippen LogP contribution is 2.27. The predicted molar refractivity (Wildman–Crippen MR) is 61.1 cm³/mol. The third-order valence-electron chi connectivity index (χ3n) is 2.35. The number of hydrogen-bond acceptors (Lipinski definition) is 5. The van der Waals surface area contributed by atoms with E-state index in [9.17, 15) is 13.2 Å². The van der Waals surface area contributed by atoms with Crippen LogP contribution in [0.1, 0.15) is 5.56 Å². The van der Waals surface area contributed by atoms with Crippen molar-refractivity contribution in [3.63, 3.8) is 0 Å². The van der Waals surface area contributed by atoms with Gasteiger partial charge in [0.25, 0.3) is 10.0 Å². The molecule has 1 aliphatic heterocycles. The first-order valence-electron chi connectivity index (χ1n) is 5.17. The standard InChI is InChI=1S/C10H12N2O5S/c11-10(13)6-17-12-18(14,15)8-1-2-9-7(5-8)3-4-16-9/h1-2,5,12H,3-4,6H2,(H2,11,13). The third kappa shape index (κ3) is 2.78. The van der Waals surface area contributed by atoms with Crippen LogP contribution in [-0.2, 0) is 26.1 Å². The van der Waals surface area contributed by atoms with Crippen LogP contribution in [0, 0.1) is 0 Å². The molecule has 7 nitrogen and oxygen atoms in total. The maximum Gasteiger partial charge on any atom is 0.262 e. The van der Waals surface area contributed by atoms with Gasteiger partial charge in [0.1, 0.15) is 12.4 Å². The molecule has 1 aliphatic rings. The lowest BCUT2D eigenvalue weighted by Gasteiger charge is -2.07. The Morgan fingerprint density at radius 3 is 3.00 bits per heavy atom. The van der Waals surface area contributed by atoms with Crippen LogP contribution in [0.4, 0.5) is 0 Å². The molecule has 0 bridgehead atoms. The van der Waals surface area contributed by atoms with Crippen LogP contribution < -0.4 is 15.4 Å². The van der Waals surface area contributed by atoms with E-state index in [0.29, 0.717) is 18.8 Å². The molecule has 0 radical (unpaired) electrons. The highest BCUT2D eigenvalue weighted by molar-refractivity contribution is 7.89. The number of benzene rings is 1. The summed E-state index contributed by atoms with van der Waals surface area (Å²) in [6.45, 7) is 0.0255. The van der Waals surface area contributed by atoms with E-state index in [0.717, 1.165) is 5.56 Å². The van der Waals surface area contributed by atoms with Gasteiger partial charge >= 0.3 is 0 Å². The zero-order valence-electron chi connectivity index (χ0n) is 9.38. The van der Waals surface area contributed by atoms with Crippen molar-refractivity contribution in [3.05, 3.63) is 23.8 Å². The summed E-state index contributed by atoms with van der Waals surface area (Å²) in [5, 5.41) is 0. The quantitative estimate of drug-likeness (QED) is 0.690. The largest absolute Gasteiger partial charge is 0.493 e. The summed E-state index contributed by atoms with van der Waals surface area (Å²) in [6, 6.07) is 4.50. The van der Waals surface area contributed by atoms with Gasteiger partial charge in [-0.25, -0.2) is 8.42 Å². The van der Waals surface area contributed by atoms with Crippen molar-refractivity contribution in [2.24, 2.45) is 5.73 Å². The Bertz CT molecular complexity index is 570. The van der Waals surface area contributed by atoms with E-state index in [1.54, 1.807) is 6.07 Å². The lowest BCUT2D eigenvalue weighted by atomic mass is 10.2. The molecule has 8 heteroatoms. The fourth-order valence-corrected chi connectivity index (χ4v) is 2.41. The summed E-state index contributed by atoms with van der Waals surface area (Å²) in [4.78, 5) is 16.8. The first-order valence-corrected chi connectivity index (χ1v) is 6.65. The minimum atomic E-state index is -3.81. The van der Waals surface area contributed by atoms with Gasteiger partial charge in [-0.15, -0.1) is 0 Å². The lowest BCUT2D eigenvalue weighted by Crippen LogP contribution is -2.29. The van der Waals surface area contributed by atoms with E-state index >= 15 is 0 Å². The lowest BCUT2D eigenvalue weighted by molar-refractivity contribution is -0.123. The Kier molecular flexibility index (Phi) is 3.50. The van der Waals surface area contributed by atoms with Gasteiger partial charge in [-0.1, -0.05) is 4.89 Å². The molecule has 1 amide bonds. The minimum Gasteiger partial charge on any atom is -0.493 e.